The molecule has 84 valence electrons. The number of anilines is 1. The van der Waals surface area contributed by atoms with Crippen LogP contribution in [0, 0.1) is 13.8 Å². The molecule has 0 atom stereocenters. The van der Waals surface area contributed by atoms with Gasteiger partial charge in [0.25, 0.3) is 0 Å². The second-order valence-corrected chi connectivity index (χ2v) is 3.89. The van der Waals surface area contributed by atoms with Crippen molar-refractivity contribution in [3.63, 3.8) is 0 Å². The highest BCUT2D eigenvalue weighted by molar-refractivity contribution is 6.34. The monoisotopic (exact) mass is 217 g/mol. The van der Waals surface area contributed by atoms with Gasteiger partial charge in [0.05, 0.1) is 6.61 Å². The molecule has 1 rings (SSSR count). The van der Waals surface area contributed by atoms with E-state index in [2.05, 4.69) is 0 Å². The third-order valence-electron chi connectivity index (χ3n) is 2.59. The van der Waals surface area contributed by atoms with Gasteiger partial charge in [0.2, 0.25) is 5.91 Å². The van der Waals surface area contributed by atoms with Gasteiger partial charge < -0.3 is 10.0 Å². The Morgan fingerprint density at radius 1 is 1.38 bits per heavy atom. The molecule has 4 heteroatoms. The van der Waals surface area contributed by atoms with E-state index in [9.17, 15) is 4.79 Å². The smallest absolute Gasteiger partial charge is 0.223 e. The maximum atomic E-state index is 11.4. The Kier molecular flexibility index (Phi) is 4.13. The topological polar surface area (TPSA) is 40.5 Å². The third-order valence-corrected chi connectivity index (χ3v) is 2.59. The summed E-state index contributed by atoms with van der Waals surface area (Å²) in [4.78, 5) is 13.0. The number of aliphatic hydroxyl groups is 1. The van der Waals surface area contributed by atoms with Crippen molar-refractivity contribution in [1.29, 1.82) is 0 Å². The lowest BCUT2D eigenvalue weighted by molar-refractivity contribution is -0.116. The van der Waals surface area contributed by atoms with Gasteiger partial charge in [-0.1, -0.05) is 16.6 Å². The number of carbonyl (C=O) groups excluding carboxylic acids is 1. The number of amides is 1. The van der Waals surface area contributed by atoms with Crippen LogP contribution < -0.4 is 10.4 Å². The largest absolute Gasteiger partial charge is 0.395 e. The summed E-state index contributed by atoms with van der Waals surface area (Å²) in [5, 5.41) is 8.92. The number of carbonyl (C=O) groups is 1. The summed E-state index contributed by atoms with van der Waals surface area (Å²) in [6, 6.07) is 3.72. The number of benzene rings is 1. The molecule has 0 saturated carbocycles. The summed E-state index contributed by atoms with van der Waals surface area (Å²) in [6.07, 6.45) is 0. The molecule has 0 saturated heterocycles. The molecular formula is C12H16BNO2. The summed E-state index contributed by atoms with van der Waals surface area (Å²) in [7, 11) is 5.85. The van der Waals surface area contributed by atoms with E-state index in [1.165, 1.54) is 6.92 Å². The fraction of sp³-hybridized carbons (Fsp3) is 0.417. The number of aryl methyl sites for hydroxylation is 2. The molecule has 0 unspecified atom stereocenters. The van der Waals surface area contributed by atoms with Crippen molar-refractivity contribution < 1.29 is 9.90 Å². The second kappa shape index (κ2) is 5.17. The van der Waals surface area contributed by atoms with E-state index in [4.69, 9.17) is 13.0 Å². The number of aliphatic hydroxyl groups excluding tert-OH is 1. The Morgan fingerprint density at radius 2 is 1.88 bits per heavy atom. The summed E-state index contributed by atoms with van der Waals surface area (Å²) in [6.45, 7) is 5.54. The minimum atomic E-state index is -0.0855. The van der Waals surface area contributed by atoms with Gasteiger partial charge in [-0.2, -0.15) is 0 Å². The molecule has 0 fully saturated rings. The van der Waals surface area contributed by atoms with Crippen molar-refractivity contribution in [2.75, 3.05) is 18.1 Å². The van der Waals surface area contributed by atoms with E-state index in [1.807, 2.05) is 26.0 Å². The quantitative estimate of drug-likeness (QED) is 0.746. The molecule has 2 radical (unpaired) electrons. The molecule has 0 heterocycles. The van der Waals surface area contributed by atoms with Crippen LogP contribution in [0.5, 0.6) is 0 Å². The highest BCUT2D eigenvalue weighted by Gasteiger charge is 2.12. The van der Waals surface area contributed by atoms with Crippen molar-refractivity contribution in [3.05, 3.63) is 23.3 Å². The highest BCUT2D eigenvalue weighted by Crippen LogP contribution is 2.17. The predicted molar refractivity (Wildman–Crippen MR) is 66.4 cm³/mol. The Bertz CT molecular complexity index is 381. The third kappa shape index (κ3) is 2.64. The summed E-state index contributed by atoms with van der Waals surface area (Å²) < 4.78 is 0. The second-order valence-electron chi connectivity index (χ2n) is 3.89. The van der Waals surface area contributed by atoms with Crippen LogP contribution in [0.3, 0.4) is 0 Å². The van der Waals surface area contributed by atoms with Gasteiger partial charge in [0, 0.05) is 19.2 Å². The molecule has 16 heavy (non-hydrogen) atoms. The number of rotatable bonds is 3. The fourth-order valence-corrected chi connectivity index (χ4v) is 1.68. The van der Waals surface area contributed by atoms with E-state index < -0.39 is 0 Å². The molecule has 1 aromatic carbocycles. The van der Waals surface area contributed by atoms with Gasteiger partial charge >= 0.3 is 0 Å². The predicted octanol–water partition coefficient (Wildman–Crippen LogP) is 0.442. The minimum absolute atomic E-state index is 0.0535. The molecule has 1 amide bonds. The molecule has 1 N–H and O–H groups in total. The zero-order chi connectivity index (χ0) is 12.3. The lowest BCUT2D eigenvalue weighted by Crippen LogP contribution is -2.32. The van der Waals surface area contributed by atoms with Gasteiger partial charge in [-0.3, -0.25) is 4.79 Å². The summed E-state index contributed by atoms with van der Waals surface area (Å²) in [5.74, 6) is -0.0855. The van der Waals surface area contributed by atoms with Gasteiger partial charge in [0.15, 0.2) is 0 Å². The Labute approximate surface area is 97.5 Å². The zero-order valence-electron chi connectivity index (χ0n) is 9.95. The van der Waals surface area contributed by atoms with Crippen LogP contribution in [0.15, 0.2) is 12.1 Å². The number of nitrogens with zero attached hydrogens (tertiary/aromatic N) is 1. The molecule has 0 aliphatic rings. The van der Waals surface area contributed by atoms with Crippen molar-refractivity contribution >= 4 is 24.9 Å². The van der Waals surface area contributed by atoms with Crippen LogP contribution in [-0.4, -0.2) is 32.0 Å². The van der Waals surface area contributed by atoms with Crippen LogP contribution in [0.2, 0.25) is 0 Å². The van der Waals surface area contributed by atoms with Crippen LogP contribution in [-0.2, 0) is 4.79 Å². The Hall–Kier alpha value is -1.29. The molecule has 0 aliphatic heterocycles. The molecule has 3 nitrogen and oxygen atoms in total. The average Bonchev–Trinajstić information content (AvgIpc) is 2.21. The Balaban J connectivity index is 3.15. The van der Waals surface area contributed by atoms with Crippen molar-refractivity contribution in [2.45, 2.75) is 20.8 Å². The van der Waals surface area contributed by atoms with Gasteiger partial charge in [-0.25, -0.2) is 0 Å². The first-order valence-electron chi connectivity index (χ1n) is 5.23. The first kappa shape index (κ1) is 12.8. The summed E-state index contributed by atoms with van der Waals surface area (Å²) >= 11 is 0. The number of hydrogen-bond acceptors (Lipinski definition) is 2. The van der Waals surface area contributed by atoms with Gasteiger partial charge in [-0.05, 0) is 26.0 Å². The molecule has 0 aromatic heterocycles. The average molecular weight is 217 g/mol. The standard InChI is InChI=1S/C12H16BNO2/c1-8-6-11(7-9(2)12(8)13)14(4-5-15)10(3)16/h6-7,15H,4-5H2,1-3H3. The van der Waals surface area contributed by atoms with Crippen molar-refractivity contribution in [2.24, 2.45) is 0 Å². The van der Waals surface area contributed by atoms with Crippen LogP contribution in [0.25, 0.3) is 0 Å². The van der Waals surface area contributed by atoms with E-state index in [1.54, 1.807) is 4.90 Å². The normalized spacial score (nSPS) is 10.2. The maximum absolute atomic E-state index is 11.4. The van der Waals surface area contributed by atoms with Gasteiger partial charge in [-0.15, -0.1) is 0 Å². The minimum Gasteiger partial charge on any atom is -0.395 e. The Morgan fingerprint density at radius 3 is 2.25 bits per heavy atom. The first-order chi connectivity index (χ1) is 7.47. The summed E-state index contributed by atoms with van der Waals surface area (Å²) in [5.41, 5.74) is 3.42. The van der Waals surface area contributed by atoms with Crippen molar-refractivity contribution in [1.82, 2.24) is 0 Å². The fourth-order valence-electron chi connectivity index (χ4n) is 1.68. The highest BCUT2D eigenvalue weighted by atomic mass is 16.3. The molecular weight excluding hydrogens is 201 g/mol. The van der Waals surface area contributed by atoms with Crippen molar-refractivity contribution in [3.8, 4) is 0 Å². The molecule has 0 aliphatic carbocycles. The molecule has 1 aromatic rings. The first-order valence-corrected chi connectivity index (χ1v) is 5.23. The SMILES string of the molecule is [B]c1c(C)cc(N(CCO)C(C)=O)cc1C. The molecule has 0 spiro atoms. The van der Waals surface area contributed by atoms with E-state index in [-0.39, 0.29) is 12.5 Å². The lowest BCUT2D eigenvalue weighted by Gasteiger charge is -2.22. The maximum Gasteiger partial charge on any atom is 0.223 e. The molecule has 0 bridgehead atoms. The van der Waals surface area contributed by atoms with E-state index in [0.29, 0.717) is 6.54 Å². The van der Waals surface area contributed by atoms with Gasteiger partial charge in [0.1, 0.15) is 7.85 Å². The lowest BCUT2D eigenvalue weighted by atomic mass is 9.86. The van der Waals surface area contributed by atoms with E-state index >= 15 is 0 Å². The van der Waals surface area contributed by atoms with Crippen LogP contribution in [0.1, 0.15) is 18.1 Å². The van der Waals surface area contributed by atoms with Crippen LogP contribution in [0.4, 0.5) is 5.69 Å². The zero-order valence-corrected chi connectivity index (χ0v) is 9.95. The number of hydrogen-bond donors (Lipinski definition) is 1. The van der Waals surface area contributed by atoms with E-state index in [0.717, 1.165) is 22.3 Å². The van der Waals surface area contributed by atoms with Crippen LogP contribution >= 0.6 is 0 Å².